The van der Waals surface area contributed by atoms with E-state index in [1.807, 2.05) is 0 Å². The predicted molar refractivity (Wildman–Crippen MR) is 344 cm³/mol. The molecule has 0 aromatic rings. The second-order valence-corrected chi connectivity index (χ2v) is 22.7. The first-order valence-electron chi connectivity index (χ1n) is 34.1. The van der Waals surface area contributed by atoms with Crippen molar-refractivity contribution in [2.75, 3.05) is 13.2 Å². The molecule has 456 valence electrons. The largest absolute Gasteiger partial charge is 0.462 e. The molecule has 0 aromatic carbocycles. The van der Waals surface area contributed by atoms with Crippen LogP contribution >= 0.6 is 0 Å². The number of ether oxygens (including phenoxy) is 3. The molecule has 0 amide bonds. The van der Waals surface area contributed by atoms with E-state index in [1.54, 1.807) is 0 Å². The van der Waals surface area contributed by atoms with Crippen molar-refractivity contribution < 1.29 is 28.6 Å². The summed E-state index contributed by atoms with van der Waals surface area (Å²) in [5.74, 6) is -0.876. The van der Waals surface area contributed by atoms with Gasteiger partial charge in [-0.2, -0.15) is 0 Å². The molecule has 6 heteroatoms. The molecule has 79 heavy (non-hydrogen) atoms. The number of hydrogen-bond acceptors (Lipinski definition) is 6. The first-order valence-corrected chi connectivity index (χ1v) is 34.1. The lowest BCUT2D eigenvalue weighted by molar-refractivity contribution is -0.167. The molecular weight excluding hydrogens is 973 g/mol. The molecule has 1 unspecified atom stereocenters. The van der Waals surface area contributed by atoms with Crippen LogP contribution in [-0.4, -0.2) is 37.2 Å². The number of carbonyl (C=O) groups excluding carboxylic acids is 3. The minimum atomic E-state index is -0.781. The maximum Gasteiger partial charge on any atom is 0.306 e. The number of allylic oxidation sites excluding steroid dienone is 14. The highest BCUT2D eigenvalue weighted by atomic mass is 16.6. The van der Waals surface area contributed by atoms with Crippen molar-refractivity contribution in [3.05, 3.63) is 85.1 Å². The fraction of sp³-hybridized carbons (Fsp3) is 0.767. The smallest absolute Gasteiger partial charge is 0.306 e. The quantitative estimate of drug-likeness (QED) is 0.0261. The summed E-state index contributed by atoms with van der Waals surface area (Å²) in [6.07, 6.45) is 88.9. The molecule has 0 saturated carbocycles. The minimum Gasteiger partial charge on any atom is -0.462 e. The van der Waals surface area contributed by atoms with Crippen molar-refractivity contribution in [2.24, 2.45) is 0 Å². The molecule has 0 N–H and O–H groups in total. The van der Waals surface area contributed by atoms with E-state index in [0.717, 1.165) is 96.3 Å². The Morgan fingerprint density at radius 3 is 0.810 bits per heavy atom. The summed E-state index contributed by atoms with van der Waals surface area (Å²) in [4.78, 5) is 38.3. The molecule has 0 aromatic heterocycles. The van der Waals surface area contributed by atoms with Gasteiger partial charge in [-0.15, -0.1) is 0 Å². The van der Waals surface area contributed by atoms with Crippen molar-refractivity contribution in [2.45, 2.75) is 348 Å². The Balaban J connectivity index is 4.20. The molecule has 6 nitrogen and oxygen atoms in total. The molecule has 0 spiro atoms. The van der Waals surface area contributed by atoms with Gasteiger partial charge in [0.25, 0.3) is 0 Å². The Labute approximate surface area is 490 Å². The van der Waals surface area contributed by atoms with Crippen LogP contribution in [0.4, 0.5) is 0 Å². The van der Waals surface area contributed by atoms with E-state index < -0.39 is 6.10 Å². The average Bonchev–Trinajstić information content (AvgIpc) is 3.45. The van der Waals surface area contributed by atoms with Gasteiger partial charge in [0.2, 0.25) is 0 Å². The Bertz CT molecular complexity index is 1500. The fourth-order valence-corrected chi connectivity index (χ4v) is 9.76. The summed E-state index contributed by atoms with van der Waals surface area (Å²) >= 11 is 0. The lowest BCUT2D eigenvalue weighted by Crippen LogP contribution is -2.30. The summed E-state index contributed by atoms with van der Waals surface area (Å²) in [7, 11) is 0. The molecular formula is C73H128O6. The van der Waals surface area contributed by atoms with Gasteiger partial charge in [0.1, 0.15) is 13.2 Å². The van der Waals surface area contributed by atoms with Gasteiger partial charge in [-0.3, -0.25) is 14.4 Å². The zero-order valence-electron chi connectivity index (χ0n) is 52.4. The van der Waals surface area contributed by atoms with Gasteiger partial charge in [0.05, 0.1) is 0 Å². The van der Waals surface area contributed by atoms with E-state index in [0.29, 0.717) is 19.3 Å². The van der Waals surface area contributed by atoms with Gasteiger partial charge in [-0.1, -0.05) is 292 Å². The van der Waals surface area contributed by atoms with E-state index in [2.05, 4.69) is 106 Å². The topological polar surface area (TPSA) is 78.9 Å². The van der Waals surface area contributed by atoms with Crippen molar-refractivity contribution in [3.8, 4) is 0 Å². The molecule has 0 radical (unpaired) electrons. The lowest BCUT2D eigenvalue weighted by atomic mass is 10.0. The van der Waals surface area contributed by atoms with E-state index in [1.165, 1.54) is 205 Å². The standard InChI is InChI=1S/C73H128O6/c1-4-7-10-13-16-19-22-25-27-29-31-32-33-34-35-36-37-38-39-40-41-42-43-45-46-48-51-54-57-60-63-66-72(75)78-69-70(68-77-71(74)65-62-59-56-53-50-24-21-18-15-12-9-6-3)79-73(76)67-64-61-58-55-52-49-47-44-30-28-26-23-20-17-14-11-8-5-2/h7,10,16,18-19,21,25,27-28,30-32,34-35,70H,4-6,8-9,11-15,17,20,22-24,26,29,33,36-69H2,1-3H3/b10-7-,19-16-,21-18-,27-25-,30-28-,32-31-,35-34-. The SMILES string of the molecule is CC/C=C\C/C=C\C/C=C\C/C=C\C/C=C\CCCCCCCCCCCCCCCCCC(=O)OCC(COC(=O)CCCCCCC/C=C\CCCCC)OC(=O)CCCCCCCCC/C=C\CCCCCCCCC. The van der Waals surface area contributed by atoms with E-state index in [4.69, 9.17) is 14.2 Å². The summed E-state index contributed by atoms with van der Waals surface area (Å²) in [5.41, 5.74) is 0. The van der Waals surface area contributed by atoms with E-state index >= 15 is 0 Å². The fourth-order valence-electron chi connectivity index (χ4n) is 9.76. The van der Waals surface area contributed by atoms with E-state index in [-0.39, 0.29) is 31.1 Å². The molecule has 0 aliphatic heterocycles. The second-order valence-electron chi connectivity index (χ2n) is 22.7. The summed E-state index contributed by atoms with van der Waals surface area (Å²) < 4.78 is 16.9. The summed E-state index contributed by atoms with van der Waals surface area (Å²) in [6, 6.07) is 0. The summed E-state index contributed by atoms with van der Waals surface area (Å²) in [5, 5.41) is 0. The molecule has 0 fully saturated rings. The van der Waals surface area contributed by atoms with Crippen molar-refractivity contribution >= 4 is 17.9 Å². The van der Waals surface area contributed by atoms with Crippen LogP contribution < -0.4 is 0 Å². The Kier molecular flexibility index (Phi) is 64.2. The van der Waals surface area contributed by atoms with Crippen molar-refractivity contribution in [1.29, 1.82) is 0 Å². The number of esters is 3. The first-order chi connectivity index (χ1) is 39.0. The molecule has 0 aliphatic carbocycles. The van der Waals surface area contributed by atoms with E-state index in [9.17, 15) is 14.4 Å². The normalized spacial score (nSPS) is 12.6. The van der Waals surface area contributed by atoms with Crippen LogP contribution in [0.1, 0.15) is 342 Å². The Morgan fingerprint density at radius 2 is 0.494 bits per heavy atom. The van der Waals surface area contributed by atoms with Crippen LogP contribution in [0.25, 0.3) is 0 Å². The van der Waals surface area contributed by atoms with Crippen molar-refractivity contribution in [3.63, 3.8) is 0 Å². The van der Waals surface area contributed by atoms with Crippen LogP contribution in [0, 0.1) is 0 Å². The molecule has 0 saturated heterocycles. The first kappa shape index (κ1) is 75.6. The number of carbonyl (C=O) groups is 3. The maximum absolute atomic E-state index is 12.9. The highest BCUT2D eigenvalue weighted by molar-refractivity contribution is 5.71. The molecule has 0 aliphatic rings. The highest BCUT2D eigenvalue weighted by Crippen LogP contribution is 2.17. The number of unbranched alkanes of at least 4 members (excludes halogenated alkanes) is 37. The zero-order chi connectivity index (χ0) is 57.1. The third-order valence-electron chi connectivity index (χ3n) is 14.9. The van der Waals surface area contributed by atoms with Gasteiger partial charge in [0, 0.05) is 19.3 Å². The minimum absolute atomic E-state index is 0.0777. The van der Waals surface area contributed by atoms with Gasteiger partial charge in [-0.05, 0) is 116 Å². The Hall–Kier alpha value is -3.41. The van der Waals surface area contributed by atoms with Crippen LogP contribution in [0.2, 0.25) is 0 Å². The van der Waals surface area contributed by atoms with Gasteiger partial charge < -0.3 is 14.2 Å². The van der Waals surface area contributed by atoms with Crippen LogP contribution in [0.5, 0.6) is 0 Å². The van der Waals surface area contributed by atoms with Gasteiger partial charge in [-0.25, -0.2) is 0 Å². The van der Waals surface area contributed by atoms with Crippen LogP contribution in [0.15, 0.2) is 85.1 Å². The van der Waals surface area contributed by atoms with Crippen LogP contribution in [0.3, 0.4) is 0 Å². The van der Waals surface area contributed by atoms with Gasteiger partial charge in [0.15, 0.2) is 6.10 Å². The predicted octanol–water partition coefficient (Wildman–Crippen LogP) is 23.4. The number of rotatable bonds is 62. The summed E-state index contributed by atoms with van der Waals surface area (Å²) in [6.45, 7) is 6.53. The molecule has 1 atom stereocenters. The van der Waals surface area contributed by atoms with Crippen molar-refractivity contribution in [1.82, 2.24) is 0 Å². The second kappa shape index (κ2) is 67.1. The average molecular weight is 1100 g/mol. The number of hydrogen-bond donors (Lipinski definition) is 0. The monoisotopic (exact) mass is 1100 g/mol. The zero-order valence-corrected chi connectivity index (χ0v) is 52.4. The molecule has 0 heterocycles. The Morgan fingerprint density at radius 1 is 0.266 bits per heavy atom. The molecule has 0 bridgehead atoms. The lowest BCUT2D eigenvalue weighted by Gasteiger charge is -2.18. The molecule has 0 rings (SSSR count). The highest BCUT2D eigenvalue weighted by Gasteiger charge is 2.19. The van der Waals surface area contributed by atoms with Gasteiger partial charge >= 0.3 is 17.9 Å². The van der Waals surface area contributed by atoms with Crippen LogP contribution in [-0.2, 0) is 28.6 Å². The maximum atomic E-state index is 12.9. The third kappa shape index (κ3) is 65.3. The third-order valence-corrected chi connectivity index (χ3v) is 14.9.